The van der Waals surface area contributed by atoms with Crippen LogP contribution < -0.4 is 11.1 Å². The zero-order valence-corrected chi connectivity index (χ0v) is 9.70. The predicted octanol–water partition coefficient (Wildman–Crippen LogP) is 2.19. The molecular weight excluding hydrogens is 246 g/mol. The highest BCUT2D eigenvalue weighted by Gasteiger charge is 2.21. The first-order valence-corrected chi connectivity index (χ1v) is 5.28. The molecule has 0 saturated heterocycles. The second kappa shape index (κ2) is 5.01. The molecule has 94 valence electrons. The average Bonchev–Trinajstić information content (AvgIpc) is 2.38. The van der Waals surface area contributed by atoms with Gasteiger partial charge in [-0.25, -0.2) is 4.98 Å². The van der Waals surface area contributed by atoms with Crippen LogP contribution in [0, 0.1) is 21.4 Å². The van der Waals surface area contributed by atoms with E-state index in [-0.39, 0.29) is 17.1 Å². The first kappa shape index (κ1) is 12.3. The molecule has 0 bridgehead atoms. The standard InChI is InChI=1S/C12H9N5O2/c13-7-8-4-5-15-12(11(8)17(18)19)16-10-3-1-2-9(14)6-10/h1-6H,14H2,(H,15,16). The molecular formula is C12H9N5O2. The lowest BCUT2D eigenvalue weighted by Crippen LogP contribution is -2.02. The van der Waals surface area contributed by atoms with Crippen LogP contribution in [-0.4, -0.2) is 9.91 Å². The zero-order valence-electron chi connectivity index (χ0n) is 9.70. The molecule has 0 aliphatic rings. The number of nitrogens with two attached hydrogens (primary N) is 1. The van der Waals surface area contributed by atoms with Gasteiger partial charge < -0.3 is 11.1 Å². The van der Waals surface area contributed by atoms with Gasteiger partial charge in [0, 0.05) is 17.6 Å². The molecule has 0 spiro atoms. The number of nitro groups is 1. The van der Waals surface area contributed by atoms with E-state index in [9.17, 15) is 10.1 Å². The maximum Gasteiger partial charge on any atom is 0.329 e. The summed E-state index contributed by atoms with van der Waals surface area (Å²) < 4.78 is 0. The Morgan fingerprint density at radius 1 is 1.42 bits per heavy atom. The van der Waals surface area contributed by atoms with Crippen molar-refractivity contribution in [2.75, 3.05) is 11.1 Å². The molecule has 7 nitrogen and oxygen atoms in total. The molecule has 2 aromatic rings. The Hall–Kier alpha value is -3.14. The summed E-state index contributed by atoms with van der Waals surface area (Å²) in [5.74, 6) is 0.00894. The molecule has 0 amide bonds. The van der Waals surface area contributed by atoms with E-state index in [0.717, 1.165) is 0 Å². The van der Waals surface area contributed by atoms with Crippen molar-refractivity contribution >= 4 is 22.9 Å². The van der Waals surface area contributed by atoms with Crippen LogP contribution in [0.5, 0.6) is 0 Å². The van der Waals surface area contributed by atoms with E-state index < -0.39 is 4.92 Å². The lowest BCUT2D eigenvalue weighted by Gasteiger charge is -2.07. The highest BCUT2D eigenvalue weighted by Crippen LogP contribution is 2.28. The second-order valence-corrected chi connectivity index (χ2v) is 3.68. The van der Waals surface area contributed by atoms with E-state index in [2.05, 4.69) is 10.3 Å². The van der Waals surface area contributed by atoms with E-state index in [1.165, 1.54) is 12.3 Å². The number of hydrogen-bond donors (Lipinski definition) is 2. The number of nitriles is 1. The van der Waals surface area contributed by atoms with Gasteiger partial charge in [0.1, 0.15) is 11.6 Å². The summed E-state index contributed by atoms with van der Waals surface area (Å²) in [5.41, 5.74) is 6.29. The number of aromatic nitrogens is 1. The van der Waals surface area contributed by atoms with Crippen LogP contribution in [0.3, 0.4) is 0 Å². The summed E-state index contributed by atoms with van der Waals surface area (Å²) in [5, 5.41) is 22.7. The molecule has 0 aliphatic carbocycles. The predicted molar refractivity (Wildman–Crippen MR) is 69.7 cm³/mol. The van der Waals surface area contributed by atoms with Crippen LogP contribution in [-0.2, 0) is 0 Å². The van der Waals surface area contributed by atoms with Crippen molar-refractivity contribution in [3.8, 4) is 6.07 Å². The number of hydrogen-bond acceptors (Lipinski definition) is 6. The molecule has 0 fully saturated rings. The lowest BCUT2D eigenvalue weighted by atomic mass is 10.2. The SMILES string of the molecule is N#Cc1ccnc(Nc2cccc(N)c2)c1[N+](=O)[O-]. The number of nitrogen functional groups attached to an aromatic ring is 1. The van der Waals surface area contributed by atoms with Gasteiger partial charge in [-0.3, -0.25) is 10.1 Å². The quantitative estimate of drug-likeness (QED) is 0.493. The molecule has 1 heterocycles. The summed E-state index contributed by atoms with van der Waals surface area (Å²) in [6.45, 7) is 0. The molecule has 2 rings (SSSR count). The van der Waals surface area contributed by atoms with Gasteiger partial charge in [-0.2, -0.15) is 5.26 Å². The Labute approximate surface area is 108 Å². The Morgan fingerprint density at radius 3 is 2.84 bits per heavy atom. The van der Waals surface area contributed by atoms with Gasteiger partial charge in [-0.15, -0.1) is 0 Å². The maximum absolute atomic E-state index is 11.0. The number of rotatable bonds is 3. The fraction of sp³-hybridized carbons (Fsp3) is 0. The minimum atomic E-state index is -0.639. The minimum absolute atomic E-state index is 0.00894. The number of benzene rings is 1. The molecule has 7 heteroatoms. The van der Waals surface area contributed by atoms with Crippen molar-refractivity contribution in [2.24, 2.45) is 0 Å². The third-order valence-corrected chi connectivity index (χ3v) is 2.38. The summed E-state index contributed by atoms with van der Waals surface area (Å²) in [7, 11) is 0. The lowest BCUT2D eigenvalue weighted by molar-refractivity contribution is -0.384. The average molecular weight is 255 g/mol. The largest absolute Gasteiger partial charge is 0.399 e. The van der Waals surface area contributed by atoms with Crippen molar-refractivity contribution in [1.29, 1.82) is 5.26 Å². The molecule has 3 N–H and O–H groups in total. The molecule has 19 heavy (non-hydrogen) atoms. The molecule has 0 radical (unpaired) electrons. The third-order valence-electron chi connectivity index (χ3n) is 2.38. The van der Waals surface area contributed by atoms with E-state index >= 15 is 0 Å². The van der Waals surface area contributed by atoms with Gasteiger partial charge in [-0.05, 0) is 24.3 Å². The number of anilines is 3. The van der Waals surface area contributed by atoms with E-state index in [4.69, 9.17) is 11.0 Å². The van der Waals surface area contributed by atoms with Crippen LogP contribution in [0.2, 0.25) is 0 Å². The normalized spacial score (nSPS) is 9.63. The maximum atomic E-state index is 11.0. The highest BCUT2D eigenvalue weighted by atomic mass is 16.6. The molecule has 0 aliphatic heterocycles. The Kier molecular flexibility index (Phi) is 3.25. The van der Waals surface area contributed by atoms with Crippen LogP contribution >= 0.6 is 0 Å². The smallest absolute Gasteiger partial charge is 0.329 e. The summed E-state index contributed by atoms with van der Waals surface area (Å²) in [4.78, 5) is 14.3. The van der Waals surface area contributed by atoms with Crippen LogP contribution in [0.25, 0.3) is 0 Å². The van der Waals surface area contributed by atoms with Gasteiger partial charge >= 0.3 is 5.69 Å². The molecule has 1 aromatic heterocycles. The summed E-state index contributed by atoms with van der Waals surface area (Å²) >= 11 is 0. The molecule has 0 atom stereocenters. The van der Waals surface area contributed by atoms with Gasteiger partial charge in [0.2, 0.25) is 5.82 Å². The Morgan fingerprint density at radius 2 is 2.21 bits per heavy atom. The van der Waals surface area contributed by atoms with E-state index in [0.29, 0.717) is 11.4 Å². The molecule has 0 unspecified atom stereocenters. The Bertz CT molecular complexity index is 678. The van der Waals surface area contributed by atoms with E-state index in [1.807, 2.05) is 0 Å². The number of nitrogens with zero attached hydrogens (tertiary/aromatic N) is 3. The van der Waals surface area contributed by atoms with Crippen molar-refractivity contribution in [2.45, 2.75) is 0 Å². The number of pyridine rings is 1. The van der Waals surface area contributed by atoms with Crippen LogP contribution in [0.1, 0.15) is 5.56 Å². The van der Waals surface area contributed by atoms with Crippen molar-refractivity contribution in [3.05, 3.63) is 52.2 Å². The van der Waals surface area contributed by atoms with Crippen molar-refractivity contribution in [1.82, 2.24) is 4.98 Å². The fourth-order valence-corrected chi connectivity index (χ4v) is 1.57. The van der Waals surface area contributed by atoms with Gasteiger partial charge in [-0.1, -0.05) is 6.07 Å². The van der Waals surface area contributed by atoms with Crippen LogP contribution in [0.15, 0.2) is 36.5 Å². The fourth-order valence-electron chi connectivity index (χ4n) is 1.57. The molecule has 0 saturated carbocycles. The van der Waals surface area contributed by atoms with Crippen LogP contribution in [0.4, 0.5) is 22.9 Å². The topological polar surface area (TPSA) is 118 Å². The second-order valence-electron chi connectivity index (χ2n) is 3.68. The van der Waals surface area contributed by atoms with Gasteiger partial charge in [0.15, 0.2) is 0 Å². The Balaban J connectivity index is 2.46. The summed E-state index contributed by atoms with van der Waals surface area (Å²) in [6, 6.07) is 9.77. The molecule has 1 aromatic carbocycles. The summed E-state index contributed by atoms with van der Waals surface area (Å²) in [6.07, 6.45) is 1.33. The first-order valence-electron chi connectivity index (χ1n) is 5.28. The van der Waals surface area contributed by atoms with Gasteiger partial charge in [0.25, 0.3) is 0 Å². The minimum Gasteiger partial charge on any atom is -0.399 e. The van der Waals surface area contributed by atoms with Gasteiger partial charge in [0.05, 0.1) is 4.92 Å². The number of nitrogens with one attached hydrogen (secondary N) is 1. The first-order chi connectivity index (χ1) is 9.11. The monoisotopic (exact) mass is 255 g/mol. The van der Waals surface area contributed by atoms with Crippen molar-refractivity contribution in [3.63, 3.8) is 0 Å². The van der Waals surface area contributed by atoms with E-state index in [1.54, 1.807) is 30.3 Å². The third kappa shape index (κ3) is 2.58. The van der Waals surface area contributed by atoms with Crippen molar-refractivity contribution < 1.29 is 4.92 Å². The zero-order chi connectivity index (χ0) is 13.8. The highest BCUT2D eigenvalue weighted by molar-refractivity contribution is 5.71.